The van der Waals surface area contributed by atoms with Crippen molar-refractivity contribution in [2.24, 2.45) is 0 Å². The summed E-state index contributed by atoms with van der Waals surface area (Å²) in [5, 5.41) is 3.20. The molecule has 1 N–H and O–H groups in total. The molecule has 0 atom stereocenters. The lowest BCUT2D eigenvalue weighted by molar-refractivity contribution is -0.121. The van der Waals surface area contributed by atoms with Crippen molar-refractivity contribution in [3.63, 3.8) is 0 Å². The molecule has 2 amide bonds. The van der Waals surface area contributed by atoms with Crippen molar-refractivity contribution in [3.8, 4) is 0 Å². The lowest BCUT2D eigenvalue weighted by atomic mass is 9.85. The molecule has 2 aliphatic heterocycles. The zero-order valence-corrected chi connectivity index (χ0v) is 13.9. The summed E-state index contributed by atoms with van der Waals surface area (Å²) >= 11 is 0. The van der Waals surface area contributed by atoms with E-state index in [1.807, 2.05) is 32.0 Å². The standard InChI is InChI=1S/C17H23N3O3/c1-17(2)13-10-12(4-5-14(13)19(3)15(17)21)11-23-16(22)20-8-6-18-7-9-20/h4-5,10,18H,6-9,11H2,1-3H3. The zero-order chi connectivity index (χ0) is 16.6. The molecule has 6 heteroatoms. The predicted molar refractivity (Wildman–Crippen MR) is 87.5 cm³/mol. The molecule has 124 valence electrons. The third-order valence-corrected chi connectivity index (χ3v) is 4.67. The fourth-order valence-electron chi connectivity index (χ4n) is 3.19. The number of nitrogens with one attached hydrogen (secondary N) is 1. The molecule has 3 rings (SSSR count). The lowest BCUT2D eigenvalue weighted by Gasteiger charge is -2.26. The van der Waals surface area contributed by atoms with Gasteiger partial charge in [-0.05, 0) is 37.1 Å². The molecule has 0 unspecified atom stereocenters. The summed E-state index contributed by atoms with van der Waals surface area (Å²) in [7, 11) is 1.79. The van der Waals surface area contributed by atoms with Crippen molar-refractivity contribution < 1.29 is 14.3 Å². The second-order valence-corrected chi connectivity index (χ2v) is 6.63. The normalized spacial score (nSPS) is 19.7. The van der Waals surface area contributed by atoms with Crippen LogP contribution in [0.25, 0.3) is 0 Å². The number of amides is 2. The van der Waals surface area contributed by atoms with Crippen LogP contribution < -0.4 is 10.2 Å². The van der Waals surface area contributed by atoms with Gasteiger partial charge < -0.3 is 19.9 Å². The molecule has 0 aliphatic carbocycles. The smallest absolute Gasteiger partial charge is 0.410 e. The average molecular weight is 317 g/mol. The van der Waals surface area contributed by atoms with Gasteiger partial charge in [0.1, 0.15) is 6.61 Å². The number of benzene rings is 1. The molecular weight excluding hydrogens is 294 g/mol. The molecule has 0 aromatic heterocycles. The SMILES string of the molecule is CN1C(=O)C(C)(C)c2cc(COC(=O)N3CCNCC3)ccc21. The van der Waals surface area contributed by atoms with Gasteiger partial charge in [0.2, 0.25) is 5.91 Å². The van der Waals surface area contributed by atoms with Gasteiger partial charge in [-0.1, -0.05) is 6.07 Å². The van der Waals surface area contributed by atoms with Crippen LogP contribution in [-0.2, 0) is 21.6 Å². The molecule has 0 saturated carbocycles. The van der Waals surface area contributed by atoms with Gasteiger partial charge in [0.05, 0.1) is 5.41 Å². The number of piperazine rings is 1. The van der Waals surface area contributed by atoms with Gasteiger partial charge in [-0.25, -0.2) is 4.79 Å². The highest BCUT2D eigenvalue weighted by atomic mass is 16.6. The van der Waals surface area contributed by atoms with E-state index in [1.165, 1.54) is 0 Å². The molecule has 0 bridgehead atoms. The van der Waals surface area contributed by atoms with E-state index < -0.39 is 5.41 Å². The van der Waals surface area contributed by atoms with E-state index in [-0.39, 0.29) is 18.6 Å². The molecule has 2 heterocycles. The van der Waals surface area contributed by atoms with Gasteiger partial charge in [-0.15, -0.1) is 0 Å². The van der Waals surface area contributed by atoms with Crippen molar-refractivity contribution in [3.05, 3.63) is 29.3 Å². The number of nitrogens with zero attached hydrogens (tertiary/aromatic N) is 2. The van der Waals surface area contributed by atoms with Crippen LogP contribution in [0.2, 0.25) is 0 Å². The van der Waals surface area contributed by atoms with Crippen molar-refractivity contribution in [1.82, 2.24) is 10.2 Å². The molecule has 1 fully saturated rings. The van der Waals surface area contributed by atoms with Crippen LogP contribution in [0.5, 0.6) is 0 Å². The van der Waals surface area contributed by atoms with E-state index in [9.17, 15) is 9.59 Å². The number of ether oxygens (including phenoxy) is 1. The van der Waals surface area contributed by atoms with Gasteiger partial charge in [0.25, 0.3) is 0 Å². The molecule has 1 saturated heterocycles. The van der Waals surface area contributed by atoms with Crippen molar-refractivity contribution in [2.75, 3.05) is 38.1 Å². The molecule has 23 heavy (non-hydrogen) atoms. The molecule has 2 aliphatic rings. The minimum absolute atomic E-state index is 0.0856. The van der Waals surface area contributed by atoms with E-state index >= 15 is 0 Å². The predicted octanol–water partition coefficient (Wildman–Crippen LogP) is 1.48. The topological polar surface area (TPSA) is 61.9 Å². The maximum absolute atomic E-state index is 12.3. The third-order valence-electron chi connectivity index (χ3n) is 4.67. The molecule has 6 nitrogen and oxygen atoms in total. The van der Waals surface area contributed by atoms with Crippen LogP contribution >= 0.6 is 0 Å². The number of fused-ring (bicyclic) bond motifs is 1. The van der Waals surface area contributed by atoms with Crippen molar-refractivity contribution in [1.29, 1.82) is 0 Å². The number of likely N-dealkylation sites (N-methyl/N-ethyl adjacent to an activating group) is 1. The van der Waals surface area contributed by atoms with Crippen molar-refractivity contribution in [2.45, 2.75) is 25.9 Å². The Kier molecular flexibility index (Phi) is 4.02. The number of hydrogen-bond donors (Lipinski definition) is 1. The number of anilines is 1. The first-order valence-electron chi connectivity index (χ1n) is 7.95. The number of carbonyl (C=O) groups excluding carboxylic acids is 2. The average Bonchev–Trinajstić information content (AvgIpc) is 2.74. The summed E-state index contributed by atoms with van der Waals surface area (Å²) in [6.07, 6.45) is -0.278. The third kappa shape index (κ3) is 2.79. The largest absolute Gasteiger partial charge is 0.445 e. The van der Waals surface area contributed by atoms with Gasteiger partial charge in [0.15, 0.2) is 0 Å². The maximum Gasteiger partial charge on any atom is 0.410 e. The second kappa shape index (κ2) is 5.85. The minimum atomic E-state index is -0.539. The van der Waals surface area contributed by atoms with Crippen LogP contribution in [0.4, 0.5) is 10.5 Å². The first-order chi connectivity index (χ1) is 10.9. The Morgan fingerprint density at radius 3 is 2.70 bits per heavy atom. The highest BCUT2D eigenvalue weighted by molar-refractivity contribution is 6.07. The monoisotopic (exact) mass is 317 g/mol. The van der Waals surface area contributed by atoms with E-state index in [0.29, 0.717) is 13.1 Å². The summed E-state index contributed by atoms with van der Waals surface area (Å²) in [6, 6.07) is 5.81. The van der Waals surface area contributed by atoms with E-state index in [2.05, 4.69) is 5.32 Å². The Hall–Kier alpha value is -2.08. The Morgan fingerprint density at radius 2 is 2.00 bits per heavy atom. The van der Waals surface area contributed by atoms with Crippen LogP contribution in [0.3, 0.4) is 0 Å². The van der Waals surface area contributed by atoms with Crippen LogP contribution in [0.15, 0.2) is 18.2 Å². The number of hydrogen-bond acceptors (Lipinski definition) is 4. The molecular formula is C17H23N3O3. The van der Waals surface area contributed by atoms with Gasteiger partial charge in [-0.2, -0.15) is 0 Å². The summed E-state index contributed by atoms with van der Waals surface area (Å²) in [5.41, 5.74) is 2.28. The highest BCUT2D eigenvalue weighted by Crippen LogP contribution is 2.41. The van der Waals surface area contributed by atoms with Crippen molar-refractivity contribution >= 4 is 17.7 Å². The van der Waals surface area contributed by atoms with Gasteiger partial charge in [-0.3, -0.25) is 4.79 Å². The van der Waals surface area contributed by atoms with Crippen LogP contribution in [0.1, 0.15) is 25.0 Å². The molecule has 0 spiro atoms. The zero-order valence-electron chi connectivity index (χ0n) is 13.9. The first-order valence-corrected chi connectivity index (χ1v) is 7.95. The minimum Gasteiger partial charge on any atom is -0.445 e. The Balaban J connectivity index is 1.70. The number of rotatable bonds is 2. The molecule has 1 aromatic carbocycles. The lowest BCUT2D eigenvalue weighted by Crippen LogP contribution is -2.46. The molecule has 0 radical (unpaired) electrons. The first kappa shape index (κ1) is 15.8. The van der Waals surface area contributed by atoms with E-state index in [1.54, 1.807) is 16.8 Å². The summed E-state index contributed by atoms with van der Waals surface area (Å²) in [5.74, 6) is 0.0856. The fraction of sp³-hybridized carbons (Fsp3) is 0.529. The van der Waals surface area contributed by atoms with Gasteiger partial charge in [0, 0.05) is 38.9 Å². The highest BCUT2D eigenvalue weighted by Gasteiger charge is 2.42. The molecule has 1 aromatic rings. The fourth-order valence-corrected chi connectivity index (χ4v) is 3.19. The van der Waals surface area contributed by atoms with Crippen LogP contribution in [-0.4, -0.2) is 50.1 Å². The Labute approximate surface area is 136 Å². The van der Waals surface area contributed by atoms with Gasteiger partial charge >= 0.3 is 6.09 Å². The second-order valence-electron chi connectivity index (χ2n) is 6.63. The summed E-state index contributed by atoms with van der Waals surface area (Å²) < 4.78 is 5.41. The Bertz CT molecular complexity index is 636. The van der Waals surface area contributed by atoms with E-state index in [0.717, 1.165) is 29.9 Å². The summed E-state index contributed by atoms with van der Waals surface area (Å²) in [6.45, 7) is 7.03. The maximum atomic E-state index is 12.3. The Morgan fingerprint density at radius 1 is 1.30 bits per heavy atom. The number of carbonyl (C=O) groups is 2. The summed E-state index contributed by atoms with van der Waals surface area (Å²) in [4.78, 5) is 27.7. The quantitative estimate of drug-likeness (QED) is 0.897. The van der Waals surface area contributed by atoms with Crippen LogP contribution in [0, 0.1) is 0 Å². The van der Waals surface area contributed by atoms with E-state index in [4.69, 9.17) is 4.74 Å².